The van der Waals surface area contributed by atoms with E-state index in [4.69, 9.17) is 9.73 Å². The molecule has 1 aliphatic rings. The number of aliphatic imine (C=N–C) groups is 1. The van der Waals surface area contributed by atoms with Gasteiger partial charge in [-0.1, -0.05) is 60.3 Å². The molecule has 0 unspecified atom stereocenters. The fraction of sp³-hybridized carbons (Fsp3) is 0.350. The fourth-order valence-electron chi connectivity index (χ4n) is 2.77. The monoisotopic (exact) mass is 340 g/mol. The molecule has 126 valence electrons. The van der Waals surface area contributed by atoms with Gasteiger partial charge in [0.05, 0.1) is 6.61 Å². The molecule has 0 fully saturated rings. The predicted octanol–water partition coefficient (Wildman–Crippen LogP) is 4.58. The van der Waals surface area contributed by atoms with Gasteiger partial charge in [-0.25, -0.2) is 0 Å². The fourth-order valence-corrected chi connectivity index (χ4v) is 3.72. The van der Waals surface area contributed by atoms with Crippen LogP contribution in [-0.2, 0) is 13.1 Å². The number of benzene rings is 2. The minimum atomic E-state index is 0.686. The average Bonchev–Trinajstić information content (AvgIpc) is 2.64. The zero-order chi connectivity index (χ0) is 16.6. The molecule has 1 aliphatic heterocycles. The Morgan fingerprint density at radius 2 is 1.83 bits per heavy atom. The second-order valence-electron chi connectivity index (χ2n) is 5.75. The quantitative estimate of drug-likeness (QED) is 0.769. The third-order valence-electron chi connectivity index (χ3n) is 3.90. The first kappa shape index (κ1) is 16.9. The van der Waals surface area contributed by atoms with Gasteiger partial charge >= 0.3 is 0 Å². The largest absolute Gasteiger partial charge is 0.494 e. The molecule has 0 aliphatic carbocycles. The van der Waals surface area contributed by atoms with Crippen molar-refractivity contribution in [3.63, 3.8) is 0 Å². The normalized spacial score (nSPS) is 14.1. The average molecular weight is 340 g/mol. The lowest BCUT2D eigenvalue weighted by Crippen LogP contribution is -2.30. The Morgan fingerprint density at radius 1 is 1.04 bits per heavy atom. The van der Waals surface area contributed by atoms with Crippen molar-refractivity contribution in [2.75, 3.05) is 18.9 Å². The number of hydrogen-bond acceptors (Lipinski definition) is 4. The summed E-state index contributed by atoms with van der Waals surface area (Å²) < 4.78 is 5.80. The van der Waals surface area contributed by atoms with Crippen LogP contribution in [0, 0.1) is 0 Å². The molecule has 0 radical (unpaired) electrons. The molecule has 0 N–H and O–H groups in total. The second kappa shape index (κ2) is 8.78. The molecule has 0 aromatic heterocycles. The van der Waals surface area contributed by atoms with E-state index in [-0.39, 0.29) is 0 Å². The third-order valence-corrected chi connectivity index (χ3v) is 5.04. The molecule has 3 nitrogen and oxygen atoms in total. The first-order valence-corrected chi connectivity index (χ1v) is 9.52. The molecule has 1 heterocycles. The highest BCUT2D eigenvalue weighted by molar-refractivity contribution is 8.13. The van der Waals surface area contributed by atoms with Crippen LogP contribution >= 0.6 is 11.8 Å². The molecule has 0 saturated heterocycles. The smallest absolute Gasteiger partial charge is 0.159 e. The number of para-hydroxylation sites is 1. The first-order valence-electron chi connectivity index (χ1n) is 8.53. The summed E-state index contributed by atoms with van der Waals surface area (Å²) in [5.74, 6) is 2.12. The maximum Gasteiger partial charge on any atom is 0.159 e. The highest BCUT2D eigenvalue weighted by Gasteiger charge is 2.17. The molecule has 2 aromatic carbocycles. The van der Waals surface area contributed by atoms with Gasteiger partial charge in [-0.05, 0) is 25.0 Å². The third kappa shape index (κ3) is 4.54. The predicted molar refractivity (Wildman–Crippen MR) is 103 cm³/mol. The van der Waals surface area contributed by atoms with E-state index in [0.717, 1.165) is 36.3 Å². The van der Waals surface area contributed by atoms with Crippen LogP contribution in [0.5, 0.6) is 5.75 Å². The lowest BCUT2D eigenvalue weighted by molar-refractivity contribution is 0.327. The summed E-state index contributed by atoms with van der Waals surface area (Å²) in [6.45, 7) is 5.33. The van der Waals surface area contributed by atoms with E-state index in [2.05, 4.69) is 53.4 Å². The minimum absolute atomic E-state index is 0.686. The molecule has 0 saturated carbocycles. The van der Waals surface area contributed by atoms with E-state index in [1.807, 2.05) is 24.8 Å². The van der Waals surface area contributed by atoms with E-state index < -0.39 is 0 Å². The Labute approximate surface area is 148 Å². The molecule has 2 aromatic rings. The van der Waals surface area contributed by atoms with Gasteiger partial charge in [-0.15, -0.1) is 0 Å². The lowest BCUT2D eigenvalue weighted by Gasteiger charge is -2.28. The van der Waals surface area contributed by atoms with E-state index in [1.54, 1.807) is 0 Å². The van der Waals surface area contributed by atoms with Gasteiger partial charge in [0.1, 0.15) is 5.75 Å². The topological polar surface area (TPSA) is 24.8 Å². The van der Waals surface area contributed by atoms with Crippen LogP contribution in [0.15, 0.2) is 59.6 Å². The number of ether oxygens (including phenoxy) is 1. The first-order chi connectivity index (χ1) is 11.9. The summed E-state index contributed by atoms with van der Waals surface area (Å²) in [5, 5.41) is 1.15. The van der Waals surface area contributed by atoms with Crippen LogP contribution in [0.1, 0.15) is 24.5 Å². The highest BCUT2D eigenvalue weighted by Crippen LogP contribution is 2.25. The summed E-state index contributed by atoms with van der Waals surface area (Å²) >= 11 is 1.86. The molecular weight excluding hydrogens is 316 g/mol. The van der Waals surface area contributed by atoms with Crippen molar-refractivity contribution in [2.45, 2.75) is 26.4 Å². The maximum absolute atomic E-state index is 5.80. The van der Waals surface area contributed by atoms with Crippen molar-refractivity contribution in [3.8, 4) is 5.75 Å². The van der Waals surface area contributed by atoms with Gasteiger partial charge in [-0.2, -0.15) is 0 Å². The van der Waals surface area contributed by atoms with Gasteiger partial charge in [-0.3, -0.25) is 4.99 Å². The van der Waals surface area contributed by atoms with E-state index in [0.29, 0.717) is 6.61 Å². The van der Waals surface area contributed by atoms with Gasteiger partial charge in [0.25, 0.3) is 0 Å². The van der Waals surface area contributed by atoms with Gasteiger partial charge < -0.3 is 9.64 Å². The molecule has 0 bridgehead atoms. The molecule has 0 spiro atoms. The highest BCUT2D eigenvalue weighted by atomic mass is 32.2. The van der Waals surface area contributed by atoms with E-state index >= 15 is 0 Å². The molecule has 24 heavy (non-hydrogen) atoms. The summed E-state index contributed by atoms with van der Waals surface area (Å²) in [7, 11) is 0. The maximum atomic E-state index is 5.80. The van der Waals surface area contributed by atoms with Crippen molar-refractivity contribution in [3.05, 3.63) is 65.7 Å². The van der Waals surface area contributed by atoms with Crippen LogP contribution in [0.3, 0.4) is 0 Å². The zero-order valence-electron chi connectivity index (χ0n) is 14.1. The number of rotatable bonds is 6. The van der Waals surface area contributed by atoms with Crippen LogP contribution < -0.4 is 4.74 Å². The summed E-state index contributed by atoms with van der Waals surface area (Å²) in [6.07, 6.45) is 1.17. The summed E-state index contributed by atoms with van der Waals surface area (Å²) in [4.78, 5) is 7.13. The molecule has 3 rings (SSSR count). The van der Waals surface area contributed by atoms with Crippen LogP contribution in [0.25, 0.3) is 0 Å². The van der Waals surface area contributed by atoms with Crippen molar-refractivity contribution >= 4 is 16.9 Å². The number of nitrogens with zero attached hydrogens (tertiary/aromatic N) is 2. The molecule has 0 amide bonds. The van der Waals surface area contributed by atoms with Gasteiger partial charge in [0.15, 0.2) is 5.17 Å². The minimum Gasteiger partial charge on any atom is -0.494 e. The van der Waals surface area contributed by atoms with Crippen molar-refractivity contribution < 1.29 is 4.74 Å². The van der Waals surface area contributed by atoms with Gasteiger partial charge in [0, 0.05) is 31.0 Å². The van der Waals surface area contributed by atoms with Crippen molar-refractivity contribution in [2.24, 2.45) is 4.99 Å². The summed E-state index contributed by atoms with van der Waals surface area (Å²) in [5.41, 5.74) is 2.52. The molecule has 0 atom stereocenters. The van der Waals surface area contributed by atoms with E-state index in [1.165, 1.54) is 17.5 Å². The number of hydrogen-bond donors (Lipinski definition) is 0. The standard InChI is InChI=1S/C20H24N2OS/c1-2-23-19-12-7-6-11-18(19)16-22(20-21-13-8-14-24-20)15-17-9-4-3-5-10-17/h3-7,9-12H,2,8,13-16H2,1H3. The van der Waals surface area contributed by atoms with Gasteiger partial charge in [0.2, 0.25) is 0 Å². The van der Waals surface area contributed by atoms with Crippen molar-refractivity contribution in [1.29, 1.82) is 0 Å². The Balaban J connectivity index is 1.83. The molecule has 4 heteroatoms. The van der Waals surface area contributed by atoms with Crippen LogP contribution in [-0.4, -0.2) is 29.0 Å². The van der Waals surface area contributed by atoms with Crippen molar-refractivity contribution in [1.82, 2.24) is 4.90 Å². The van der Waals surface area contributed by atoms with E-state index in [9.17, 15) is 0 Å². The Morgan fingerprint density at radius 3 is 2.58 bits per heavy atom. The molecular formula is C20H24N2OS. The Kier molecular flexibility index (Phi) is 6.19. The van der Waals surface area contributed by atoms with Crippen LogP contribution in [0.4, 0.5) is 0 Å². The Bertz CT molecular complexity index is 672. The lowest BCUT2D eigenvalue weighted by atomic mass is 10.1. The van der Waals surface area contributed by atoms with Crippen LogP contribution in [0.2, 0.25) is 0 Å². The number of thioether (sulfide) groups is 1. The summed E-state index contributed by atoms with van der Waals surface area (Å²) in [6, 6.07) is 18.9. The SMILES string of the molecule is CCOc1ccccc1CN(Cc1ccccc1)C1=NCCCS1. The Hall–Kier alpha value is -1.94. The number of amidine groups is 1. The second-order valence-corrected chi connectivity index (χ2v) is 6.81. The zero-order valence-corrected chi connectivity index (χ0v) is 15.0.